The topological polar surface area (TPSA) is 80.6 Å². The van der Waals surface area contributed by atoms with Crippen LogP contribution in [0.25, 0.3) is 0 Å². The van der Waals surface area contributed by atoms with Gasteiger partial charge < -0.3 is 14.2 Å². The molecule has 1 saturated heterocycles. The lowest BCUT2D eigenvalue weighted by Crippen LogP contribution is -2.41. The fourth-order valence-electron chi connectivity index (χ4n) is 3.48. The summed E-state index contributed by atoms with van der Waals surface area (Å²) >= 11 is 0. The van der Waals surface area contributed by atoms with Gasteiger partial charge in [-0.2, -0.15) is 0 Å². The molecule has 1 aromatic carbocycles. The van der Waals surface area contributed by atoms with Crippen molar-refractivity contribution in [3.63, 3.8) is 0 Å². The lowest BCUT2D eigenvalue weighted by atomic mass is 10.1. The number of benzene rings is 1. The maximum Gasteiger partial charge on any atom is 0.257 e. The molecule has 0 unspecified atom stereocenters. The SMILES string of the molecule is Cc1ccccc1CNS(=O)(=O)c1c(C(=O)N2CCOCC2)c(C)n(C)c1C. The molecule has 0 bridgehead atoms. The normalized spacial score (nSPS) is 15.1. The van der Waals surface area contributed by atoms with E-state index in [1.165, 1.54) is 0 Å². The summed E-state index contributed by atoms with van der Waals surface area (Å²) in [7, 11) is -2.09. The zero-order valence-corrected chi connectivity index (χ0v) is 17.6. The maximum atomic E-state index is 13.2. The van der Waals surface area contributed by atoms with Crippen molar-refractivity contribution in [1.82, 2.24) is 14.2 Å². The zero-order chi connectivity index (χ0) is 20.5. The van der Waals surface area contributed by atoms with E-state index < -0.39 is 10.0 Å². The van der Waals surface area contributed by atoms with Crippen molar-refractivity contribution < 1.29 is 17.9 Å². The van der Waals surface area contributed by atoms with Gasteiger partial charge in [0.2, 0.25) is 10.0 Å². The van der Waals surface area contributed by atoms with Crippen LogP contribution in [-0.2, 0) is 28.4 Å². The first kappa shape index (κ1) is 20.6. The van der Waals surface area contributed by atoms with E-state index in [4.69, 9.17) is 4.74 Å². The summed E-state index contributed by atoms with van der Waals surface area (Å²) in [6.45, 7) is 7.47. The summed E-state index contributed by atoms with van der Waals surface area (Å²) in [5.74, 6) is -0.263. The molecule has 7 nitrogen and oxygen atoms in total. The van der Waals surface area contributed by atoms with Crippen molar-refractivity contribution in [3.8, 4) is 0 Å². The molecule has 2 heterocycles. The Bertz CT molecular complexity index is 989. The summed E-state index contributed by atoms with van der Waals surface area (Å²) in [6.07, 6.45) is 0. The molecule has 2 aromatic rings. The van der Waals surface area contributed by atoms with Crippen LogP contribution in [-0.4, -0.2) is 50.1 Å². The third-order valence-corrected chi connectivity index (χ3v) is 6.98. The second-order valence-electron chi connectivity index (χ2n) is 7.09. The molecule has 0 atom stereocenters. The third kappa shape index (κ3) is 3.85. The van der Waals surface area contributed by atoms with Gasteiger partial charge in [-0.1, -0.05) is 24.3 Å². The van der Waals surface area contributed by atoms with E-state index >= 15 is 0 Å². The number of aryl methyl sites for hydroxylation is 1. The van der Waals surface area contributed by atoms with Crippen LogP contribution < -0.4 is 4.72 Å². The number of hydrogen-bond acceptors (Lipinski definition) is 4. The Labute approximate surface area is 166 Å². The zero-order valence-electron chi connectivity index (χ0n) is 16.8. The minimum Gasteiger partial charge on any atom is -0.378 e. The average Bonchev–Trinajstić information content (AvgIpc) is 2.92. The Morgan fingerprint density at radius 2 is 1.75 bits per heavy atom. The summed E-state index contributed by atoms with van der Waals surface area (Å²) in [6, 6.07) is 7.62. The molecule has 1 aliphatic heterocycles. The highest BCUT2D eigenvalue weighted by atomic mass is 32.2. The molecule has 152 valence electrons. The Hall–Kier alpha value is -2.16. The van der Waals surface area contributed by atoms with Crippen LogP contribution in [0.15, 0.2) is 29.2 Å². The van der Waals surface area contributed by atoms with Gasteiger partial charge in [-0.05, 0) is 31.9 Å². The Kier molecular flexibility index (Phi) is 5.92. The van der Waals surface area contributed by atoms with Crippen LogP contribution in [0.5, 0.6) is 0 Å². The maximum absolute atomic E-state index is 13.2. The number of ether oxygens (including phenoxy) is 1. The fraction of sp³-hybridized carbons (Fsp3) is 0.450. The predicted molar refractivity (Wildman–Crippen MR) is 107 cm³/mol. The van der Waals surface area contributed by atoms with E-state index in [0.717, 1.165) is 11.1 Å². The van der Waals surface area contributed by atoms with E-state index in [1.54, 1.807) is 30.4 Å². The van der Waals surface area contributed by atoms with Crippen molar-refractivity contribution >= 4 is 15.9 Å². The number of nitrogens with zero attached hydrogens (tertiary/aromatic N) is 2. The third-order valence-electron chi connectivity index (χ3n) is 5.42. The van der Waals surface area contributed by atoms with Gasteiger partial charge in [-0.15, -0.1) is 0 Å². The van der Waals surface area contributed by atoms with Crippen molar-refractivity contribution in [2.45, 2.75) is 32.2 Å². The number of sulfonamides is 1. The summed E-state index contributed by atoms with van der Waals surface area (Å²) in [5.41, 5.74) is 3.35. The Morgan fingerprint density at radius 3 is 2.39 bits per heavy atom. The van der Waals surface area contributed by atoms with E-state index in [-0.39, 0.29) is 22.9 Å². The molecule has 8 heteroatoms. The highest BCUT2D eigenvalue weighted by Gasteiger charge is 2.33. The van der Waals surface area contributed by atoms with Crippen LogP contribution in [0.1, 0.15) is 32.9 Å². The molecule has 1 amide bonds. The number of hydrogen-bond donors (Lipinski definition) is 1. The second kappa shape index (κ2) is 8.06. The van der Waals surface area contributed by atoms with Gasteiger partial charge in [0.05, 0.1) is 18.8 Å². The summed E-state index contributed by atoms with van der Waals surface area (Å²) in [4.78, 5) is 14.9. The van der Waals surface area contributed by atoms with Crippen LogP contribution in [0.4, 0.5) is 0 Å². The van der Waals surface area contributed by atoms with Gasteiger partial charge in [0.25, 0.3) is 5.91 Å². The molecule has 0 saturated carbocycles. The van der Waals surface area contributed by atoms with E-state index in [1.807, 2.05) is 31.2 Å². The molecule has 1 aliphatic rings. The number of carbonyl (C=O) groups excluding carboxylic acids is 1. The molecule has 1 N–H and O–H groups in total. The standard InChI is InChI=1S/C20H27N3O4S/c1-14-7-5-6-8-17(14)13-21-28(25,26)19-16(3)22(4)15(2)18(19)20(24)23-9-11-27-12-10-23/h5-8,21H,9-13H2,1-4H3. The molecule has 0 radical (unpaired) electrons. The fourth-order valence-corrected chi connectivity index (χ4v) is 4.99. The van der Waals surface area contributed by atoms with Gasteiger partial charge in [0, 0.05) is 38.1 Å². The summed E-state index contributed by atoms with van der Waals surface area (Å²) < 4.78 is 36.1. The Morgan fingerprint density at radius 1 is 1.11 bits per heavy atom. The highest BCUT2D eigenvalue weighted by Crippen LogP contribution is 2.28. The molecular weight excluding hydrogens is 378 g/mol. The molecule has 0 aliphatic carbocycles. The molecule has 1 aromatic heterocycles. The number of carbonyl (C=O) groups is 1. The second-order valence-corrected chi connectivity index (χ2v) is 8.79. The average molecular weight is 406 g/mol. The lowest BCUT2D eigenvalue weighted by Gasteiger charge is -2.27. The smallest absolute Gasteiger partial charge is 0.257 e. The molecule has 28 heavy (non-hydrogen) atoms. The first-order valence-corrected chi connectivity index (χ1v) is 10.8. The van der Waals surface area contributed by atoms with Crippen LogP contribution in [0.3, 0.4) is 0 Å². The van der Waals surface area contributed by atoms with Gasteiger partial charge in [0.1, 0.15) is 4.90 Å². The number of morpholine rings is 1. The monoisotopic (exact) mass is 405 g/mol. The summed E-state index contributed by atoms with van der Waals surface area (Å²) in [5, 5.41) is 0. The first-order valence-electron chi connectivity index (χ1n) is 9.31. The minimum atomic E-state index is -3.87. The number of rotatable bonds is 5. The van der Waals surface area contributed by atoms with Gasteiger partial charge >= 0.3 is 0 Å². The van der Waals surface area contributed by atoms with Crippen molar-refractivity contribution in [3.05, 3.63) is 52.3 Å². The van der Waals surface area contributed by atoms with E-state index in [2.05, 4.69) is 4.72 Å². The van der Waals surface area contributed by atoms with Crippen LogP contribution in [0.2, 0.25) is 0 Å². The van der Waals surface area contributed by atoms with Crippen molar-refractivity contribution in [2.24, 2.45) is 7.05 Å². The highest BCUT2D eigenvalue weighted by molar-refractivity contribution is 7.89. The van der Waals surface area contributed by atoms with Gasteiger partial charge in [0.15, 0.2) is 0 Å². The largest absolute Gasteiger partial charge is 0.378 e. The van der Waals surface area contributed by atoms with E-state index in [9.17, 15) is 13.2 Å². The molecule has 1 fully saturated rings. The molecular formula is C20H27N3O4S. The van der Waals surface area contributed by atoms with Gasteiger partial charge in [-0.25, -0.2) is 13.1 Å². The van der Waals surface area contributed by atoms with Crippen LogP contribution >= 0.6 is 0 Å². The molecule has 3 rings (SSSR count). The van der Waals surface area contributed by atoms with Crippen molar-refractivity contribution in [2.75, 3.05) is 26.3 Å². The number of nitrogens with one attached hydrogen (secondary N) is 1. The lowest BCUT2D eigenvalue weighted by molar-refractivity contribution is 0.0300. The first-order chi connectivity index (χ1) is 13.2. The molecule has 0 spiro atoms. The minimum absolute atomic E-state index is 0.0672. The quantitative estimate of drug-likeness (QED) is 0.824. The number of amides is 1. The predicted octanol–water partition coefficient (Wildman–Crippen LogP) is 1.90. The van der Waals surface area contributed by atoms with Crippen molar-refractivity contribution in [1.29, 1.82) is 0 Å². The number of aromatic nitrogens is 1. The van der Waals surface area contributed by atoms with E-state index in [0.29, 0.717) is 37.7 Å². The Balaban J connectivity index is 1.97. The van der Waals surface area contributed by atoms with Gasteiger partial charge in [-0.3, -0.25) is 4.79 Å². The van der Waals surface area contributed by atoms with Crippen LogP contribution in [0, 0.1) is 20.8 Å².